The molecule has 0 aliphatic carbocycles. The highest BCUT2D eigenvalue weighted by molar-refractivity contribution is 5.97. The standard InChI is InChI=1S/C23H28N4O3/c1-26(2)11-13-29-22(28)21-20(16-24-23(25-21)30-14-12-27(3)4)19-10-9-17-7-5-6-8-18(17)15-19/h5-10,15-16H,11-14H2,1-4H3. The molecule has 0 radical (unpaired) electrons. The van der Waals surface area contributed by atoms with Crippen LogP contribution < -0.4 is 4.74 Å². The van der Waals surface area contributed by atoms with E-state index in [1.165, 1.54) is 0 Å². The van der Waals surface area contributed by atoms with Gasteiger partial charge in [-0.15, -0.1) is 0 Å². The van der Waals surface area contributed by atoms with Crippen LogP contribution in [-0.2, 0) is 4.74 Å². The van der Waals surface area contributed by atoms with Crippen LogP contribution in [0.1, 0.15) is 10.5 Å². The normalized spacial score (nSPS) is 11.3. The summed E-state index contributed by atoms with van der Waals surface area (Å²) in [5.74, 6) is -0.486. The van der Waals surface area contributed by atoms with E-state index in [1.54, 1.807) is 6.20 Å². The van der Waals surface area contributed by atoms with Crippen molar-refractivity contribution in [2.45, 2.75) is 0 Å². The number of ether oxygens (including phenoxy) is 2. The van der Waals surface area contributed by atoms with Crippen molar-refractivity contribution in [2.75, 3.05) is 54.5 Å². The maximum atomic E-state index is 12.8. The maximum Gasteiger partial charge on any atom is 0.357 e. The van der Waals surface area contributed by atoms with E-state index in [0.717, 1.165) is 22.9 Å². The molecule has 1 aromatic heterocycles. The van der Waals surface area contributed by atoms with Gasteiger partial charge in [-0.25, -0.2) is 9.78 Å². The quantitative estimate of drug-likeness (QED) is 0.504. The molecule has 0 unspecified atom stereocenters. The minimum Gasteiger partial charge on any atom is -0.462 e. The first-order valence-electron chi connectivity index (χ1n) is 9.89. The summed E-state index contributed by atoms with van der Waals surface area (Å²) in [6.45, 7) is 2.06. The van der Waals surface area contributed by atoms with E-state index in [-0.39, 0.29) is 18.3 Å². The summed E-state index contributed by atoms with van der Waals surface area (Å²) in [5.41, 5.74) is 1.68. The molecule has 0 amide bonds. The monoisotopic (exact) mass is 408 g/mol. The lowest BCUT2D eigenvalue weighted by Crippen LogP contribution is -2.22. The van der Waals surface area contributed by atoms with Crippen LogP contribution in [0.15, 0.2) is 48.7 Å². The molecule has 0 spiro atoms. The highest BCUT2D eigenvalue weighted by Crippen LogP contribution is 2.27. The van der Waals surface area contributed by atoms with E-state index >= 15 is 0 Å². The lowest BCUT2D eigenvalue weighted by molar-refractivity contribution is 0.0474. The predicted molar refractivity (Wildman–Crippen MR) is 118 cm³/mol. The molecule has 3 rings (SSSR count). The second kappa shape index (κ2) is 10.1. The largest absolute Gasteiger partial charge is 0.462 e. The molecule has 0 saturated heterocycles. The van der Waals surface area contributed by atoms with E-state index in [1.807, 2.05) is 80.5 Å². The van der Waals surface area contributed by atoms with E-state index in [4.69, 9.17) is 9.47 Å². The zero-order valence-corrected chi connectivity index (χ0v) is 18.0. The molecule has 0 bridgehead atoms. The Morgan fingerprint density at radius 3 is 2.37 bits per heavy atom. The Morgan fingerprint density at radius 2 is 1.63 bits per heavy atom. The third-order valence-corrected chi connectivity index (χ3v) is 4.56. The Morgan fingerprint density at radius 1 is 0.933 bits per heavy atom. The summed E-state index contributed by atoms with van der Waals surface area (Å²) >= 11 is 0. The summed E-state index contributed by atoms with van der Waals surface area (Å²) in [7, 11) is 7.77. The summed E-state index contributed by atoms with van der Waals surface area (Å²) < 4.78 is 11.1. The van der Waals surface area contributed by atoms with E-state index in [0.29, 0.717) is 18.7 Å². The van der Waals surface area contributed by atoms with Gasteiger partial charge >= 0.3 is 12.0 Å². The fourth-order valence-corrected chi connectivity index (χ4v) is 2.87. The molecular formula is C23H28N4O3. The first-order valence-corrected chi connectivity index (χ1v) is 9.89. The van der Waals surface area contributed by atoms with Crippen LogP contribution >= 0.6 is 0 Å². The smallest absolute Gasteiger partial charge is 0.357 e. The zero-order chi connectivity index (χ0) is 21.5. The summed E-state index contributed by atoms with van der Waals surface area (Å²) in [6, 6.07) is 14.2. The highest BCUT2D eigenvalue weighted by Gasteiger charge is 2.19. The van der Waals surface area contributed by atoms with Crippen molar-refractivity contribution in [1.29, 1.82) is 0 Å². The van der Waals surface area contributed by atoms with E-state index in [2.05, 4.69) is 9.97 Å². The number of esters is 1. The van der Waals surface area contributed by atoms with Gasteiger partial charge in [0, 0.05) is 24.8 Å². The Hall–Kier alpha value is -3.03. The lowest BCUT2D eigenvalue weighted by Gasteiger charge is -2.14. The minimum atomic E-state index is -0.486. The number of carbonyl (C=O) groups excluding carboxylic acids is 1. The third-order valence-electron chi connectivity index (χ3n) is 4.56. The van der Waals surface area contributed by atoms with Crippen molar-refractivity contribution < 1.29 is 14.3 Å². The Kier molecular flexibility index (Phi) is 7.32. The number of fused-ring (bicyclic) bond motifs is 1. The molecule has 158 valence electrons. The van der Waals surface area contributed by atoms with Crippen molar-refractivity contribution in [2.24, 2.45) is 0 Å². The number of hydrogen-bond donors (Lipinski definition) is 0. The molecule has 2 aromatic carbocycles. The van der Waals surface area contributed by atoms with Gasteiger partial charge in [-0.2, -0.15) is 4.98 Å². The summed E-state index contributed by atoms with van der Waals surface area (Å²) in [6.07, 6.45) is 1.63. The number of nitrogens with zero attached hydrogens (tertiary/aromatic N) is 4. The molecule has 0 aliphatic heterocycles. The molecule has 7 nitrogen and oxygen atoms in total. The molecule has 0 aliphatic rings. The van der Waals surface area contributed by atoms with Gasteiger partial charge in [0.25, 0.3) is 0 Å². The van der Waals surface area contributed by atoms with Crippen LogP contribution in [-0.4, -0.2) is 80.2 Å². The van der Waals surface area contributed by atoms with E-state index in [9.17, 15) is 4.79 Å². The first-order chi connectivity index (χ1) is 14.4. The number of hydrogen-bond acceptors (Lipinski definition) is 7. The molecule has 0 saturated carbocycles. The topological polar surface area (TPSA) is 67.8 Å². The van der Waals surface area contributed by atoms with Crippen LogP contribution in [0.25, 0.3) is 21.9 Å². The number of carbonyl (C=O) groups is 1. The van der Waals surface area contributed by atoms with Crippen molar-refractivity contribution >= 4 is 16.7 Å². The predicted octanol–water partition coefficient (Wildman–Crippen LogP) is 2.96. The Bertz CT molecular complexity index is 1000. The Balaban J connectivity index is 1.92. The van der Waals surface area contributed by atoms with Crippen LogP contribution in [0, 0.1) is 0 Å². The summed E-state index contributed by atoms with van der Waals surface area (Å²) in [5, 5.41) is 2.20. The SMILES string of the molecule is CN(C)CCOC(=O)c1nc(OCCN(C)C)ncc1-c1ccc2ccccc2c1. The molecule has 0 fully saturated rings. The second-order valence-electron chi connectivity index (χ2n) is 7.57. The number of benzene rings is 2. The van der Waals surface area contributed by atoms with Gasteiger partial charge in [-0.1, -0.05) is 36.4 Å². The second-order valence-corrected chi connectivity index (χ2v) is 7.57. The molecule has 7 heteroatoms. The first kappa shape index (κ1) is 21.7. The van der Waals surface area contributed by atoms with Gasteiger partial charge in [-0.05, 0) is 50.6 Å². The fraction of sp³-hybridized carbons (Fsp3) is 0.348. The van der Waals surface area contributed by atoms with Gasteiger partial charge in [0.15, 0.2) is 5.69 Å². The van der Waals surface area contributed by atoms with Crippen molar-refractivity contribution in [1.82, 2.24) is 19.8 Å². The molecular weight excluding hydrogens is 380 g/mol. The lowest BCUT2D eigenvalue weighted by atomic mass is 10.0. The molecule has 0 atom stereocenters. The molecule has 30 heavy (non-hydrogen) atoms. The van der Waals surface area contributed by atoms with Gasteiger partial charge in [0.2, 0.25) is 0 Å². The highest BCUT2D eigenvalue weighted by atomic mass is 16.5. The van der Waals surface area contributed by atoms with Crippen LogP contribution in [0.3, 0.4) is 0 Å². The summed E-state index contributed by atoms with van der Waals surface area (Å²) in [4.78, 5) is 25.5. The van der Waals surface area contributed by atoms with Gasteiger partial charge in [-0.3, -0.25) is 0 Å². The third kappa shape index (κ3) is 5.75. The minimum absolute atomic E-state index is 0.168. The average Bonchev–Trinajstić information content (AvgIpc) is 2.72. The van der Waals surface area contributed by atoms with Crippen LogP contribution in [0.5, 0.6) is 6.01 Å². The van der Waals surface area contributed by atoms with Crippen LogP contribution in [0.4, 0.5) is 0 Å². The van der Waals surface area contributed by atoms with E-state index < -0.39 is 5.97 Å². The van der Waals surface area contributed by atoms with Gasteiger partial charge < -0.3 is 19.3 Å². The average molecular weight is 409 g/mol. The molecule has 3 aromatic rings. The zero-order valence-electron chi connectivity index (χ0n) is 18.0. The fourth-order valence-electron chi connectivity index (χ4n) is 2.87. The number of likely N-dealkylation sites (N-methyl/N-ethyl adjacent to an activating group) is 2. The number of rotatable bonds is 9. The Labute approximate surface area is 177 Å². The van der Waals surface area contributed by atoms with Crippen molar-refractivity contribution in [3.05, 3.63) is 54.4 Å². The molecule has 1 heterocycles. The maximum absolute atomic E-state index is 12.8. The molecule has 0 N–H and O–H groups in total. The van der Waals surface area contributed by atoms with Gasteiger partial charge in [0.1, 0.15) is 13.2 Å². The van der Waals surface area contributed by atoms with Gasteiger partial charge in [0.05, 0.1) is 0 Å². The van der Waals surface area contributed by atoms with Crippen molar-refractivity contribution in [3.8, 4) is 17.1 Å². The van der Waals surface area contributed by atoms with Crippen molar-refractivity contribution in [3.63, 3.8) is 0 Å². The van der Waals surface area contributed by atoms with Crippen LogP contribution in [0.2, 0.25) is 0 Å². The number of aromatic nitrogens is 2.